The fraction of sp³-hybridized carbons (Fsp3) is 0.632. The quantitative estimate of drug-likeness (QED) is 0.804. The molecule has 1 aromatic rings. The summed E-state index contributed by atoms with van der Waals surface area (Å²) in [5, 5.41) is 0. The number of piperidine rings is 2. The number of allylic oxidation sites excluding steroid dienone is 1. The van der Waals surface area contributed by atoms with Crippen LogP contribution in [0.5, 0.6) is 0 Å². The van der Waals surface area contributed by atoms with Gasteiger partial charge in [-0.25, -0.2) is 4.98 Å². The van der Waals surface area contributed by atoms with E-state index in [9.17, 15) is 9.59 Å². The molecule has 2 aliphatic heterocycles. The highest BCUT2D eigenvalue weighted by molar-refractivity contribution is 5.78. The normalized spacial score (nSPS) is 23.9. The number of carbonyl (C=O) groups is 2. The molecule has 3 heterocycles. The van der Waals surface area contributed by atoms with Gasteiger partial charge in [-0.05, 0) is 25.7 Å². The number of nitrogens with zero attached hydrogens (tertiary/aromatic N) is 3. The summed E-state index contributed by atoms with van der Waals surface area (Å²) in [5.41, 5.74) is 1.13. The van der Waals surface area contributed by atoms with Crippen molar-refractivity contribution in [1.29, 1.82) is 0 Å². The molecule has 0 radical (unpaired) electrons. The van der Waals surface area contributed by atoms with E-state index >= 15 is 0 Å². The maximum Gasteiger partial charge on any atom is 0.222 e. The van der Waals surface area contributed by atoms with Crippen molar-refractivity contribution in [2.75, 3.05) is 26.2 Å². The van der Waals surface area contributed by atoms with E-state index in [0.717, 1.165) is 57.4 Å². The standard InChI is InChI=1S/C19H28N4O2/c1-2-3-5-17(24)22-10-4-8-19(13-22)9-6-18(25)23(14-19)11-7-16-12-20-15-21-16/h2,12,15H,1,3-11,13-14H2,(H,20,21)/t19-/m0/s1. The summed E-state index contributed by atoms with van der Waals surface area (Å²) in [6.07, 6.45) is 11.0. The predicted octanol–water partition coefficient (Wildman–Crippen LogP) is 2.15. The Hall–Kier alpha value is -2.11. The first-order valence-electron chi connectivity index (χ1n) is 9.26. The first-order chi connectivity index (χ1) is 12.1. The van der Waals surface area contributed by atoms with E-state index in [2.05, 4.69) is 16.5 Å². The molecule has 0 bridgehead atoms. The van der Waals surface area contributed by atoms with Crippen molar-refractivity contribution in [1.82, 2.24) is 19.8 Å². The third kappa shape index (κ3) is 4.30. The second kappa shape index (κ2) is 7.85. The predicted molar refractivity (Wildman–Crippen MR) is 95.8 cm³/mol. The van der Waals surface area contributed by atoms with Gasteiger partial charge >= 0.3 is 0 Å². The number of amides is 2. The highest BCUT2D eigenvalue weighted by atomic mass is 16.2. The average Bonchev–Trinajstić information content (AvgIpc) is 3.14. The fourth-order valence-electron chi connectivity index (χ4n) is 4.12. The molecule has 2 amide bonds. The molecule has 136 valence electrons. The van der Waals surface area contributed by atoms with Crippen LogP contribution in [0.2, 0.25) is 0 Å². The van der Waals surface area contributed by atoms with Crippen LogP contribution in [0.25, 0.3) is 0 Å². The van der Waals surface area contributed by atoms with Gasteiger partial charge in [0.25, 0.3) is 0 Å². The topological polar surface area (TPSA) is 69.3 Å². The van der Waals surface area contributed by atoms with Crippen molar-refractivity contribution in [2.24, 2.45) is 5.41 Å². The average molecular weight is 344 g/mol. The smallest absolute Gasteiger partial charge is 0.222 e. The summed E-state index contributed by atoms with van der Waals surface area (Å²) < 4.78 is 0. The van der Waals surface area contributed by atoms with E-state index in [1.165, 1.54) is 0 Å². The lowest BCUT2D eigenvalue weighted by Gasteiger charge is -2.48. The zero-order chi connectivity index (χ0) is 17.7. The molecular weight excluding hydrogens is 316 g/mol. The molecule has 1 spiro atoms. The lowest BCUT2D eigenvalue weighted by molar-refractivity contribution is -0.143. The van der Waals surface area contributed by atoms with Gasteiger partial charge in [-0.2, -0.15) is 0 Å². The zero-order valence-electron chi connectivity index (χ0n) is 14.9. The van der Waals surface area contributed by atoms with E-state index in [1.54, 1.807) is 12.4 Å². The summed E-state index contributed by atoms with van der Waals surface area (Å²) in [5.74, 6) is 0.458. The van der Waals surface area contributed by atoms with Gasteiger partial charge in [0.05, 0.1) is 6.33 Å². The summed E-state index contributed by atoms with van der Waals surface area (Å²) >= 11 is 0. The molecule has 2 saturated heterocycles. The van der Waals surface area contributed by atoms with E-state index < -0.39 is 0 Å². The monoisotopic (exact) mass is 344 g/mol. The minimum Gasteiger partial charge on any atom is -0.348 e. The van der Waals surface area contributed by atoms with Crippen molar-refractivity contribution < 1.29 is 9.59 Å². The molecule has 1 atom stereocenters. The highest BCUT2D eigenvalue weighted by Gasteiger charge is 2.42. The molecule has 2 fully saturated rings. The number of imidazole rings is 1. The largest absolute Gasteiger partial charge is 0.348 e. The number of rotatable bonds is 6. The van der Waals surface area contributed by atoms with Crippen molar-refractivity contribution in [3.05, 3.63) is 30.9 Å². The molecule has 3 rings (SSSR count). The van der Waals surface area contributed by atoms with Crippen molar-refractivity contribution in [3.8, 4) is 0 Å². The van der Waals surface area contributed by atoms with Crippen LogP contribution in [0, 0.1) is 5.41 Å². The summed E-state index contributed by atoms with van der Waals surface area (Å²) in [4.78, 5) is 35.9. The molecule has 25 heavy (non-hydrogen) atoms. The van der Waals surface area contributed by atoms with E-state index in [-0.39, 0.29) is 17.2 Å². The molecule has 0 saturated carbocycles. The number of likely N-dealkylation sites (tertiary alicyclic amines) is 2. The van der Waals surface area contributed by atoms with Crippen LogP contribution in [0.3, 0.4) is 0 Å². The number of hydrogen-bond donors (Lipinski definition) is 1. The van der Waals surface area contributed by atoms with Gasteiger partial charge in [-0.1, -0.05) is 6.08 Å². The van der Waals surface area contributed by atoms with Gasteiger partial charge in [0, 0.05) is 62.7 Å². The molecule has 0 aliphatic carbocycles. The third-order valence-electron chi connectivity index (χ3n) is 5.53. The molecule has 6 nitrogen and oxygen atoms in total. The maximum absolute atomic E-state index is 12.4. The SMILES string of the molecule is C=CCCC(=O)N1CCC[C@]2(CCC(=O)N(CCc3cnc[nH]3)C2)C1. The van der Waals surface area contributed by atoms with Crippen molar-refractivity contribution >= 4 is 11.8 Å². The van der Waals surface area contributed by atoms with Gasteiger partial charge < -0.3 is 14.8 Å². The number of carbonyl (C=O) groups excluding carboxylic acids is 2. The fourth-order valence-corrected chi connectivity index (χ4v) is 4.12. The minimum atomic E-state index is 0.0734. The lowest BCUT2D eigenvalue weighted by Crippen LogP contribution is -2.55. The molecular formula is C19H28N4O2. The molecule has 0 unspecified atom stereocenters. The summed E-state index contributed by atoms with van der Waals surface area (Å²) in [7, 11) is 0. The van der Waals surface area contributed by atoms with E-state index in [4.69, 9.17) is 0 Å². The minimum absolute atomic E-state index is 0.0734. The Bertz CT molecular complexity index is 613. The second-order valence-electron chi connectivity index (χ2n) is 7.39. The van der Waals surface area contributed by atoms with Crippen LogP contribution < -0.4 is 0 Å². The molecule has 0 aromatic carbocycles. The Balaban J connectivity index is 1.61. The highest BCUT2D eigenvalue weighted by Crippen LogP contribution is 2.39. The zero-order valence-corrected chi connectivity index (χ0v) is 14.9. The van der Waals surface area contributed by atoms with Crippen LogP contribution in [-0.2, 0) is 16.0 Å². The number of hydrogen-bond acceptors (Lipinski definition) is 3. The van der Waals surface area contributed by atoms with Gasteiger partial charge in [0.15, 0.2) is 0 Å². The first-order valence-corrected chi connectivity index (χ1v) is 9.26. The maximum atomic E-state index is 12.4. The lowest BCUT2D eigenvalue weighted by atomic mass is 9.73. The van der Waals surface area contributed by atoms with Crippen molar-refractivity contribution in [2.45, 2.75) is 44.9 Å². The van der Waals surface area contributed by atoms with E-state index in [0.29, 0.717) is 19.4 Å². The van der Waals surface area contributed by atoms with Gasteiger partial charge in [-0.15, -0.1) is 6.58 Å². The second-order valence-corrected chi connectivity index (χ2v) is 7.39. The Morgan fingerprint density at radius 3 is 3.04 bits per heavy atom. The third-order valence-corrected chi connectivity index (χ3v) is 5.53. The van der Waals surface area contributed by atoms with Gasteiger partial charge in [-0.3, -0.25) is 9.59 Å². The number of H-pyrrole nitrogens is 1. The summed E-state index contributed by atoms with van der Waals surface area (Å²) in [6.45, 7) is 6.82. The molecule has 6 heteroatoms. The van der Waals surface area contributed by atoms with Crippen LogP contribution in [0.15, 0.2) is 25.2 Å². The van der Waals surface area contributed by atoms with Gasteiger partial charge in [0.1, 0.15) is 0 Å². The van der Waals surface area contributed by atoms with Crippen LogP contribution in [-0.4, -0.2) is 57.8 Å². The molecule has 1 aromatic heterocycles. The Labute approximate surface area is 149 Å². The van der Waals surface area contributed by atoms with E-state index in [1.807, 2.05) is 16.0 Å². The number of nitrogens with one attached hydrogen (secondary N) is 1. The van der Waals surface area contributed by atoms with Crippen LogP contribution in [0.1, 0.15) is 44.2 Å². The Kier molecular flexibility index (Phi) is 5.56. The van der Waals surface area contributed by atoms with Crippen molar-refractivity contribution in [3.63, 3.8) is 0 Å². The van der Waals surface area contributed by atoms with Crippen LogP contribution >= 0.6 is 0 Å². The number of aromatic nitrogens is 2. The number of aromatic amines is 1. The summed E-state index contributed by atoms with van der Waals surface area (Å²) in [6, 6.07) is 0. The van der Waals surface area contributed by atoms with Crippen LogP contribution in [0.4, 0.5) is 0 Å². The van der Waals surface area contributed by atoms with Gasteiger partial charge in [0.2, 0.25) is 11.8 Å². The first kappa shape index (κ1) is 17.7. The Morgan fingerprint density at radius 1 is 1.40 bits per heavy atom. The molecule has 2 aliphatic rings. The molecule has 1 N–H and O–H groups in total. The Morgan fingerprint density at radius 2 is 2.28 bits per heavy atom.